The highest BCUT2D eigenvalue weighted by Gasteiger charge is 2.37. The van der Waals surface area contributed by atoms with Crippen LogP contribution in [0.3, 0.4) is 0 Å². The molecule has 3 aliphatic rings. The van der Waals surface area contributed by atoms with Gasteiger partial charge in [-0.05, 0) is 55.7 Å². The predicted octanol–water partition coefficient (Wildman–Crippen LogP) is 2.41. The largest absolute Gasteiger partial charge is 0.378 e. The molecule has 2 aliphatic heterocycles. The summed E-state index contributed by atoms with van der Waals surface area (Å²) < 4.78 is 54.4. The molecule has 9 nitrogen and oxygen atoms in total. The number of benzene rings is 1. The molecule has 2 saturated heterocycles. The number of likely N-dealkylation sites (tertiary alicyclic amines) is 1. The van der Waals surface area contributed by atoms with E-state index in [4.69, 9.17) is 9.47 Å². The summed E-state index contributed by atoms with van der Waals surface area (Å²) in [5.74, 6) is -0.0264. The highest BCUT2D eigenvalue weighted by Crippen LogP contribution is 2.34. The first-order valence-electron chi connectivity index (χ1n) is 12.9. The van der Waals surface area contributed by atoms with Crippen molar-refractivity contribution < 1.29 is 27.1 Å². The third kappa shape index (κ3) is 6.95. The number of amides is 2. The van der Waals surface area contributed by atoms with Gasteiger partial charge < -0.3 is 19.3 Å². The number of nitrogens with zero attached hydrogens (tertiary/aromatic N) is 3. The first-order chi connectivity index (χ1) is 17.2. The van der Waals surface area contributed by atoms with Gasteiger partial charge in [0.25, 0.3) is 10.2 Å². The zero-order valence-corrected chi connectivity index (χ0v) is 22.1. The number of urea groups is 1. The molecule has 3 fully saturated rings. The lowest BCUT2D eigenvalue weighted by Crippen LogP contribution is -2.58. The summed E-state index contributed by atoms with van der Waals surface area (Å²) in [6.07, 6.45) is 4.21. The lowest BCUT2D eigenvalue weighted by molar-refractivity contribution is -0.0165. The van der Waals surface area contributed by atoms with Gasteiger partial charge in [0.1, 0.15) is 5.82 Å². The summed E-state index contributed by atoms with van der Waals surface area (Å²) in [5, 5.41) is 0. The molecule has 2 atom stereocenters. The number of halogens is 1. The van der Waals surface area contributed by atoms with E-state index in [0.717, 1.165) is 31.2 Å². The third-order valence-corrected chi connectivity index (χ3v) is 9.17. The second kappa shape index (κ2) is 12.2. The van der Waals surface area contributed by atoms with Crippen molar-refractivity contribution in [3.05, 3.63) is 35.6 Å². The van der Waals surface area contributed by atoms with Gasteiger partial charge in [0.05, 0.1) is 25.9 Å². The summed E-state index contributed by atoms with van der Waals surface area (Å²) in [5.41, 5.74) is 1.04. The molecule has 202 valence electrons. The Morgan fingerprint density at radius 1 is 1.11 bits per heavy atom. The average molecular weight is 527 g/mol. The molecule has 0 radical (unpaired) electrons. The molecule has 11 heteroatoms. The highest BCUT2D eigenvalue weighted by atomic mass is 32.2. The molecule has 1 saturated carbocycles. The number of rotatable bonds is 7. The van der Waals surface area contributed by atoms with Crippen molar-refractivity contribution in [2.45, 2.75) is 50.2 Å². The minimum absolute atomic E-state index is 0.0205. The molecule has 1 aromatic carbocycles. The predicted molar refractivity (Wildman–Crippen MR) is 134 cm³/mol. The lowest BCUT2D eigenvalue weighted by atomic mass is 9.82. The number of morpholine rings is 1. The van der Waals surface area contributed by atoms with Crippen LogP contribution < -0.4 is 4.72 Å². The Bertz CT molecular complexity index is 980. The third-order valence-electron chi connectivity index (χ3n) is 7.61. The first kappa shape index (κ1) is 27.3. The molecule has 2 unspecified atom stereocenters. The number of carbonyl (C=O) groups excluding carboxylic acids is 1. The minimum Gasteiger partial charge on any atom is -0.378 e. The van der Waals surface area contributed by atoms with E-state index in [0.29, 0.717) is 58.3 Å². The fraction of sp³-hybridized carbons (Fsp3) is 0.720. The molecule has 0 aromatic heterocycles. The molecule has 0 bridgehead atoms. The summed E-state index contributed by atoms with van der Waals surface area (Å²) >= 11 is 0. The maximum absolute atomic E-state index is 13.6. The Labute approximate surface area is 214 Å². The molecule has 1 N–H and O–H groups in total. The fourth-order valence-corrected chi connectivity index (χ4v) is 6.27. The number of nitrogens with one attached hydrogen (secondary N) is 1. The molecule has 2 amide bonds. The van der Waals surface area contributed by atoms with Gasteiger partial charge in [0, 0.05) is 52.2 Å². The number of ether oxygens (including phenoxy) is 2. The second-order valence-electron chi connectivity index (χ2n) is 10.3. The maximum atomic E-state index is 13.6. The van der Waals surface area contributed by atoms with Crippen LogP contribution >= 0.6 is 0 Å². The van der Waals surface area contributed by atoms with Crippen LogP contribution in [0.25, 0.3) is 0 Å². The van der Waals surface area contributed by atoms with Crippen molar-refractivity contribution in [2.24, 2.45) is 5.92 Å². The molecule has 1 aliphatic carbocycles. The van der Waals surface area contributed by atoms with Crippen molar-refractivity contribution in [3.63, 3.8) is 0 Å². The summed E-state index contributed by atoms with van der Waals surface area (Å²) in [6.45, 7) is 3.53. The van der Waals surface area contributed by atoms with Gasteiger partial charge in [-0.1, -0.05) is 12.1 Å². The zero-order valence-electron chi connectivity index (χ0n) is 21.3. The van der Waals surface area contributed by atoms with Gasteiger partial charge in [-0.15, -0.1) is 0 Å². The number of hydrogen-bond donors (Lipinski definition) is 1. The summed E-state index contributed by atoms with van der Waals surface area (Å²) in [4.78, 5) is 16.7. The van der Waals surface area contributed by atoms with E-state index < -0.39 is 10.2 Å². The first-order valence-corrected chi connectivity index (χ1v) is 14.4. The van der Waals surface area contributed by atoms with E-state index in [1.165, 1.54) is 24.5 Å². The van der Waals surface area contributed by atoms with E-state index in [2.05, 4.69) is 4.72 Å². The van der Waals surface area contributed by atoms with E-state index in [1.54, 1.807) is 17.0 Å². The molecule has 36 heavy (non-hydrogen) atoms. The highest BCUT2D eigenvalue weighted by molar-refractivity contribution is 7.87. The Hall–Kier alpha value is -1.79. The molecule has 4 rings (SSSR count). The number of carbonyl (C=O) groups is 1. The fourth-order valence-electron chi connectivity index (χ4n) is 5.36. The van der Waals surface area contributed by atoms with Crippen LogP contribution in [-0.4, -0.2) is 101 Å². The normalized spacial score (nSPS) is 27.9. The number of hydrogen-bond acceptors (Lipinski definition) is 5. The molecule has 0 spiro atoms. The Balaban J connectivity index is 1.35. The van der Waals surface area contributed by atoms with Gasteiger partial charge in [0.15, 0.2) is 0 Å². The van der Waals surface area contributed by atoms with Gasteiger partial charge in [-0.2, -0.15) is 17.4 Å². The van der Waals surface area contributed by atoms with Crippen LogP contribution in [0.1, 0.15) is 43.6 Å². The van der Waals surface area contributed by atoms with Crippen molar-refractivity contribution in [2.75, 3.05) is 60.1 Å². The smallest absolute Gasteiger partial charge is 0.320 e. The standard InChI is InChI=1S/C25H39FN4O5S/c1-28(2)36(32,33)27-24-10-11-30(25(31)29-12-14-34-15-13-29)17-21(24)18-35-23-8-6-19(7-9-23)20-4-3-5-22(26)16-20/h3-5,16,19,21,23-24,27H,6-15,17-18H2,1-2H3. The van der Waals surface area contributed by atoms with Crippen molar-refractivity contribution in [1.29, 1.82) is 0 Å². The maximum Gasteiger partial charge on any atom is 0.320 e. The van der Waals surface area contributed by atoms with Gasteiger partial charge in [-0.25, -0.2) is 9.18 Å². The van der Waals surface area contributed by atoms with Crippen LogP contribution in [0.4, 0.5) is 9.18 Å². The van der Waals surface area contributed by atoms with Crippen LogP contribution in [0, 0.1) is 11.7 Å². The molecular weight excluding hydrogens is 487 g/mol. The van der Waals surface area contributed by atoms with E-state index >= 15 is 0 Å². The summed E-state index contributed by atoms with van der Waals surface area (Å²) in [7, 11) is -0.603. The van der Waals surface area contributed by atoms with Crippen LogP contribution in [-0.2, 0) is 19.7 Å². The van der Waals surface area contributed by atoms with Crippen LogP contribution in [0.2, 0.25) is 0 Å². The van der Waals surface area contributed by atoms with Crippen LogP contribution in [0.5, 0.6) is 0 Å². The Morgan fingerprint density at radius 3 is 2.50 bits per heavy atom. The minimum atomic E-state index is -3.61. The van der Waals surface area contributed by atoms with E-state index in [1.807, 2.05) is 11.0 Å². The van der Waals surface area contributed by atoms with Gasteiger partial charge in [-0.3, -0.25) is 0 Å². The lowest BCUT2D eigenvalue weighted by Gasteiger charge is -2.42. The topological polar surface area (TPSA) is 91.4 Å². The van der Waals surface area contributed by atoms with Crippen LogP contribution in [0.15, 0.2) is 24.3 Å². The summed E-state index contributed by atoms with van der Waals surface area (Å²) in [6, 6.07) is 6.50. The average Bonchev–Trinajstić information content (AvgIpc) is 2.88. The van der Waals surface area contributed by atoms with Crippen molar-refractivity contribution in [1.82, 2.24) is 18.8 Å². The monoisotopic (exact) mass is 526 g/mol. The van der Waals surface area contributed by atoms with Crippen molar-refractivity contribution >= 4 is 16.2 Å². The second-order valence-corrected chi connectivity index (χ2v) is 12.2. The molecular formula is C25H39FN4O5S. The number of piperidine rings is 1. The Morgan fingerprint density at radius 2 is 1.83 bits per heavy atom. The van der Waals surface area contributed by atoms with E-state index in [9.17, 15) is 17.6 Å². The van der Waals surface area contributed by atoms with Crippen molar-refractivity contribution in [3.8, 4) is 0 Å². The molecule has 1 aromatic rings. The quantitative estimate of drug-likeness (QED) is 0.589. The zero-order chi connectivity index (χ0) is 25.7. The van der Waals surface area contributed by atoms with Gasteiger partial charge >= 0.3 is 6.03 Å². The SMILES string of the molecule is CN(C)S(=O)(=O)NC1CCN(C(=O)N2CCOCC2)CC1COC1CCC(c2cccc(F)c2)CC1. The Kier molecular flexibility index (Phi) is 9.21. The van der Waals surface area contributed by atoms with E-state index in [-0.39, 0.29) is 29.9 Å². The molecule has 2 heterocycles. The van der Waals surface area contributed by atoms with Gasteiger partial charge in [0.2, 0.25) is 0 Å².